The number of aliphatic hydroxyl groups excluding tert-OH is 1. The summed E-state index contributed by atoms with van der Waals surface area (Å²) in [5.41, 5.74) is 3.30. The molecule has 1 atom stereocenters. The number of amides is 1. The fourth-order valence-corrected chi connectivity index (χ4v) is 3.20. The van der Waals surface area contributed by atoms with Crippen LogP contribution in [0.2, 0.25) is 0 Å². The lowest BCUT2D eigenvalue weighted by atomic mass is 10.1. The Morgan fingerprint density at radius 1 is 1.00 bits per heavy atom. The van der Waals surface area contributed by atoms with Gasteiger partial charge in [0.15, 0.2) is 0 Å². The van der Waals surface area contributed by atoms with Crippen molar-refractivity contribution in [3.8, 4) is 0 Å². The second-order valence-corrected chi connectivity index (χ2v) is 6.28. The number of aryl methyl sites for hydroxylation is 1. The van der Waals surface area contributed by atoms with Crippen molar-refractivity contribution in [2.24, 2.45) is 0 Å². The van der Waals surface area contributed by atoms with Gasteiger partial charge in [-0.2, -0.15) is 0 Å². The van der Waals surface area contributed by atoms with Gasteiger partial charge in [0.05, 0.1) is 12.5 Å². The lowest BCUT2D eigenvalue weighted by Crippen LogP contribution is -2.49. The molecule has 1 saturated heterocycles. The quantitative estimate of drug-likeness (QED) is 0.940. The maximum Gasteiger partial charge on any atom is 0.225 e. The molecule has 3 rings (SSSR count). The molecule has 1 heterocycles. The topological polar surface area (TPSA) is 43.8 Å². The number of aliphatic hydroxyl groups is 1. The van der Waals surface area contributed by atoms with Crippen LogP contribution >= 0.6 is 0 Å². The van der Waals surface area contributed by atoms with Crippen LogP contribution in [-0.2, 0) is 4.79 Å². The first-order valence-electron chi connectivity index (χ1n) is 8.46. The summed E-state index contributed by atoms with van der Waals surface area (Å²) in [6.07, 6.45) is -0.581. The molecule has 1 unspecified atom stereocenters. The van der Waals surface area contributed by atoms with Crippen molar-refractivity contribution in [1.82, 2.24) is 4.90 Å². The van der Waals surface area contributed by atoms with Gasteiger partial charge < -0.3 is 14.9 Å². The lowest BCUT2D eigenvalue weighted by molar-refractivity contribution is -0.133. The average Bonchev–Trinajstić information content (AvgIpc) is 2.63. The highest BCUT2D eigenvalue weighted by Gasteiger charge is 2.24. The number of nitrogens with zero attached hydrogens (tertiary/aromatic N) is 2. The Labute approximate surface area is 143 Å². The number of piperazine rings is 1. The van der Waals surface area contributed by atoms with Gasteiger partial charge in [0.2, 0.25) is 5.91 Å². The molecule has 126 valence electrons. The van der Waals surface area contributed by atoms with Crippen molar-refractivity contribution in [3.63, 3.8) is 0 Å². The van der Waals surface area contributed by atoms with Crippen molar-refractivity contribution < 1.29 is 9.90 Å². The summed E-state index contributed by atoms with van der Waals surface area (Å²) in [7, 11) is 0. The number of carbonyl (C=O) groups excluding carboxylic acids is 1. The van der Waals surface area contributed by atoms with E-state index in [-0.39, 0.29) is 12.3 Å². The van der Waals surface area contributed by atoms with E-state index in [2.05, 4.69) is 30.0 Å². The molecule has 0 spiro atoms. The Hall–Kier alpha value is -2.33. The number of para-hydroxylation sites is 1. The molecule has 1 aliphatic heterocycles. The molecule has 1 aliphatic rings. The molecule has 4 heteroatoms. The number of hydrogen-bond acceptors (Lipinski definition) is 3. The maximum atomic E-state index is 12.4. The first-order valence-corrected chi connectivity index (χ1v) is 8.46. The summed E-state index contributed by atoms with van der Waals surface area (Å²) < 4.78 is 0. The number of rotatable bonds is 4. The van der Waals surface area contributed by atoms with Crippen molar-refractivity contribution in [1.29, 1.82) is 0 Å². The third kappa shape index (κ3) is 3.77. The molecule has 1 N–H and O–H groups in total. The highest BCUT2D eigenvalue weighted by molar-refractivity contribution is 5.77. The highest BCUT2D eigenvalue weighted by Crippen LogP contribution is 2.22. The van der Waals surface area contributed by atoms with Gasteiger partial charge in [0, 0.05) is 31.9 Å². The summed E-state index contributed by atoms with van der Waals surface area (Å²) in [5.74, 6) is 0.0239. The van der Waals surface area contributed by atoms with Crippen LogP contribution in [0.3, 0.4) is 0 Å². The predicted molar refractivity (Wildman–Crippen MR) is 96.0 cm³/mol. The molecule has 0 radical (unpaired) electrons. The Morgan fingerprint density at radius 3 is 2.29 bits per heavy atom. The number of hydrogen-bond donors (Lipinski definition) is 1. The van der Waals surface area contributed by atoms with Crippen molar-refractivity contribution in [3.05, 3.63) is 65.7 Å². The summed E-state index contributed by atoms with van der Waals surface area (Å²) in [6, 6.07) is 17.7. The zero-order valence-corrected chi connectivity index (χ0v) is 14.1. The standard InChI is InChI=1S/C20H24N2O2/c1-16-7-5-6-10-18(16)21-11-13-22(14-12-21)20(24)15-19(23)17-8-3-2-4-9-17/h2-10,19,23H,11-15H2,1H3. The van der Waals surface area contributed by atoms with Gasteiger partial charge in [0.25, 0.3) is 0 Å². The van der Waals surface area contributed by atoms with E-state index in [1.54, 1.807) is 0 Å². The van der Waals surface area contributed by atoms with Crippen LogP contribution < -0.4 is 4.90 Å². The van der Waals surface area contributed by atoms with Gasteiger partial charge in [-0.1, -0.05) is 48.5 Å². The highest BCUT2D eigenvalue weighted by atomic mass is 16.3. The zero-order chi connectivity index (χ0) is 16.9. The van der Waals surface area contributed by atoms with Crippen LogP contribution in [0.15, 0.2) is 54.6 Å². The molecule has 0 aliphatic carbocycles. The minimum atomic E-state index is -0.729. The van der Waals surface area contributed by atoms with E-state index in [4.69, 9.17) is 0 Å². The minimum Gasteiger partial charge on any atom is -0.388 e. The first kappa shape index (κ1) is 16.5. The monoisotopic (exact) mass is 324 g/mol. The van der Waals surface area contributed by atoms with Gasteiger partial charge in [-0.05, 0) is 24.1 Å². The van der Waals surface area contributed by atoms with E-state index in [9.17, 15) is 9.90 Å². The largest absolute Gasteiger partial charge is 0.388 e. The summed E-state index contributed by atoms with van der Waals surface area (Å²) in [5, 5.41) is 10.2. The summed E-state index contributed by atoms with van der Waals surface area (Å²) in [4.78, 5) is 16.6. The predicted octanol–water partition coefficient (Wildman–Crippen LogP) is 2.77. The van der Waals surface area contributed by atoms with E-state index in [1.165, 1.54) is 11.3 Å². The Balaban J connectivity index is 1.55. The molecule has 0 bridgehead atoms. The van der Waals surface area contributed by atoms with E-state index >= 15 is 0 Å². The van der Waals surface area contributed by atoms with Crippen LogP contribution in [0, 0.1) is 6.92 Å². The fraction of sp³-hybridized carbons (Fsp3) is 0.350. The lowest BCUT2D eigenvalue weighted by Gasteiger charge is -2.37. The van der Waals surface area contributed by atoms with Crippen LogP contribution in [0.4, 0.5) is 5.69 Å². The smallest absolute Gasteiger partial charge is 0.225 e. The minimum absolute atomic E-state index is 0.0239. The SMILES string of the molecule is Cc1ccccc1N1CCN(C(=O)CC(O)c2ccccc2)CC1. The fourth-order valence-electron chi connectivity index (χ4n) is 3.20. The molecule has 2 aromatic carbocycles. The van der Waals surface area contributed by atoms with Crippen LogP contribution in [0.5, 0.6) is 0 Å². The van der Waals surface area contributed by atoms with Crippen LogP contribution in [0.25, 0.3) is 0 Å². The third-order valence-electron chi connectivity index (χ3n) is 4.64. The summed E-state index contributed by atoms with van der Waals surface area (Å²) in [6.45, 7) is 5.18. The second kappa shape index (κ2) is 7.49. The molecule has 4 nitrogen and oxygen atoms in total. The Bertz CT molecular complexity index is 679. The number of carbonyl (C=O) groups is 1. The molecule has 0 saturated carbocycles. The Morgan fingerprint density at radius 2 is 1.62 bits per heavy atom. The molecule has 1 amide bonds. The van der Waals surface area contributed by atoms with E-state index in [0.717, 1.165) is 18.7 Å². The van der Waals surface area contributed by atoms with Gasteiger partial charge in [-0.15, -0.1) is 0 Å². The first-order chi connectivity index (χ1) is 11.6. The zero-order valence-electron chi connectivity index (χ0n) is 14.1. The number of benzene rings is 2. The molecule has 0 aromatic heterocycles. The second-order valence-electron chi connectivity index (χ2n) is 6.28. The van der Waals surface area contributed by atoms with Gasteiger partial charge >= 0.3 is 0 Å². The van der Waals surface area contributed by atoms with Crippen molar-refractivity contribution in [2.75, 3.05) is 31.1 Å². The maximum absolute atomic E-state index is 12.4. The Kier molecular flexibility index (Phi) is 5.16. The molecular formula is C20H24N2O2. The number of anilines is 1. The normalized spacial score (nSPS) is 16.1. The summed E-state index contributed by atoms with van der Waals surface area (Å²) >= 11 is 0. The van der Waals surface area contributed by atoms with E-state index < -0.39 is 6.10 Å². The van der Waals surface area contributed by atoms with Gasteiger partial charge in [0.1, 0.15) is 0 Å². The van der Waals surface area contributed by atoms with Gasteiger partial charge in [-0.25, -0.2) is 0 Å². The van der Waals surface area contributed by atoms with E-state index in [1.807, 2.05) is 41.3 Å². The molecule has 24 heavy (non-hydrogen) atoms. The van der Waals surface area contributed by atoms with Crippen LogP contribution in [-0.4, -0.2) is 42.1 Å². The van der Waals surface area contributed by atoms with E-state index in [0.29, 0.717) is 13.1 Å². The van der Waals surface area contributed by atoms with Gasteiger partial charge in [-0.3, -0.25) is 4.79 Å². The molecular weight excluding hydrogens is 300 g/mol. The molecule has 2 aromatic rings. The van der Waals surface area contributed by atoms with Crippen molar-refractivity contribution >= 4 is 11.6 Å². The molecule has 1 fully saturated rings. The average molecular weight is 324 g/mol. The van der Waals surface area contributed by atoms with Crippen molar-refractivity contribution in [2.45, 2.75) is 19.4 Å². The third-order valence-corrected chi connectivity index (χ3v) is 4.64. The van der Waals surface area contributed by atoms with Crippen LogP contribution in [0.1, 0.15) is 23.7 Å².